The molecule has 6 nitrogen and oxygen atoms in total. The lowest BCUT2D eigenvalue weighted by atomic mass is 10.2. The van der Waals surface area contributed by atoms with E-state index in [1.54, 1.807) is 24.3 Å². The number of nitro groups is 1. The van der Waals surface area contributed by atoms with Gasteiger partial charge in [-0.2, -0.15) is 18.3 Å². The van der Waals surface area contributed by atoms with Crippen LogP contribution in [0.15, 0.2) is 65.8 Å². The van der Waals surface area contributed by atoms with E-state index in [0.717, 1.165) is 12.1 Å². The van der Waals surface area contributed by atoms with Gasteiger partial charge in [0.2, 0.25) is 0 Å². The Morgan fingerprint density at radius 3 is 2.16 bits per heavy atom. The number of ether oxygens (including phenoxy) is 1. The Morgan fingerprint density at radius 1 is 1.03 bits per heavy atom. The molecule has 0 aliphatic rings. The van der Waals surface area contributed by atoms with Gasteiger partial charge in [0.15, 0.2) is 5.75 Å². The molecule has 0 aliphatic heterocycles. The van der Waals surface area contributed by atoms with Crippen LogP contribution in [0.5, 0.6) is 5.75 Å². The second-order valence-electron chi connectivity index (χ2n) is 6.47. The van der Waals surface area contributed by atoms with E-state index in [1.165, 1.54) is 30.5 Å². The van der Waals surface area contributed by atoms with E-state index in [9.17, 15) is 23.3 Å². The van der Waals surface area contributed by atoms with Gasteiger partial charge in [-0.3, -0.25) is 15.5 Å². The summed E-state index contributed by atoms with van der Waals surface area (Å²) in [5.41, 5.74) is 3.43. The van der Waals surface area contributed by atoms with Gasteiger partial charge in [0, 0.05) is 12.1 Å². The van der Waals surface area contributed by atoms with Crippen LogP contribution in [-0.4, -0.2) is 11.1 Å². The number of nitrogens with one attached hydrogen (secondary N) is 1. The van der Waals surface area contributed by atoms with E-state index in [2.05, 4.69) is 10.5 Å². The van der Waals surface area contributed by atoms with Gasteiger partial charge in [-0.1, -0.05) is 23.2 Å². The summed E-state index contributed by atoms with van der Waals surface area (Å²) in [6.07, 6.45) is -3.01. The van der Waals surface area contributed by atoms with Crippen LogP contribution < -0.4 is 10.2 Å². The van der Waals surface area contributed by atoms with Crippen LogP contribution in [-0.2, 0) is 12.8 Å². The van der Waals surface area contributed by atoms with Crippen molar-refractivity contribution in [2.45, 2.75) is 12.8 Å². The molecule has 0 saturated carbocycles. The van der Waals surface area contributed by atoms with Crippen molar-refractivity contribution in [1.29, 1.82) is 0 Å². The van der Waals surface area contributed by atoms with Crippen molar-refractivity contribution in [2.24, 2.45) is 5.10 Å². The highest BCUT2D eigenvalue weighted by atomic mass is 35.5. The van der Waals surface area contributed by atoms with Crippen molar-refractivity contribution in [3.8, 4) is 5.75 Å². The SMILES string of the molecule is O=[N+]([O-])c1ccc(COc2c(Cl)cc(/C=N/Nc3ccc(C(F)(F)F)cc3)cc2Cl)cc1. The van der Waals surface area contributed by atoms with Gasteiger partial charge >= 0.3 is 6.18 Å². The number of hydrogen-bond donors (Lipinski definition) is 1. The highest BCUT2D eigenvalue weighted by Crippen LogP contribution is 2.34. The van der Waals surface area contributed by atoms with E-state index >= 15 is 0 Å². The minimum absolute atomic E-state index is 0.0293. The summed E-state index contributed by atoms with van der Waals surface area (Å²) in [7, 11) is 0. The quantitative estimate of drug-likeness (QED) is 0.224. The van der Waals surface area contributed by atoms with Gasteiger partial charge in [-0.15, -0.1) is 0 Å². The number of benzene rings is 3. The van der Waals surface area contributed by atoms with E-state index in [0.29, 0.717) is 16.8 Å². The lowest BCUT2D eigenvalue weighted by molar-refractivity contribution is -0.384. The summed E-state index contributed by atoms with van der Waals surface area (Å²) < 4.78 is 43.4. The third kappa shape index (κ3) is 6.12. The Bertz CT molecular complexity index is 1110. The predicted octanol–water partition coefficient (Wildman–Crippen LogP) is 6.95. The van der Waals surface area contributed by atoms with Crippen molar-refractivity contribution in [3.63, 3.8) is 0 Å². The molecule has 166 valence electrons. The molecular weight excluding hydrogens is 470 g/mol. The van der Waals surface area contributed by atoms with Crippen molar-refractivity contribution in [1.82, 2.24) is 0 Å². The molecule has 0 heterocycles. The molecule has 0 unspecified atom stereocenters. The van der Waals surface area contributed by atoms with Crippen LogP contribution in [0.4, 0.5) is 24.5 Å². The van der Waals surface area contributed by atoms with Crippen LogP contribution in [0.1, 0.15) is 16.7 Å². The van der Waals surface area contributed by atoms with Crippen molar-refractivity contribution in [2.75, 3.05) is 5.43 Å². The number of rotatable bonds is 7. The Kier molecular flexibility index (Phi) is 7.22. The third-order valence-electron chi connectivity index (χ3n) is 4.17. The van der Waals surface area contributed by atoms with Crippen LogP contribution in [0.2, 0.25) is 10.0 Å². The molecule has 0 radical (unpaired) electrons. The predicted molar refractivity (Wildman–Crippen MR) is 117 cm³/mol. The Balaban J connectivity index is 1.62. The summed E-state index contributed by atoms with van der Waals surface area (Å²) in [6, 6.07) is 13.4. The molecule has 0 bridgehead atoms. The van der Waals surface area contributed by atoms with Crippen LogP contribution in [0, 0.1) is 10.1 Å². The number of hydrazone groups is 1. The Morgan fingerprint density at radius 2 is 1.62 bits per heavy atom. The van der Waals surface area contributed by atoms with Gasteiger partial charge in [-0.05, 0) is 59.7 Å². The maximum Gasteiger partial charge on any atom is 0.416 e. The molecule has 0 aliphatic carbocycles. The molecule has 0 saturated heterocycles. The fraction of sp³-hybridized carbons (Fsp3) is 0.0952. The smallest absolute Gasteiger partial charge is 0.416 e. The minimum atomic E-state index is -4.41. The van der Waals surface area contributed by atoms with Crippen LogP contribution in [0.3, 0.4) is 0 Å². The Hall–Kier alpha value is -3.30. The second kappa shape index (κ2) is 9.88. The number of halogens is 5. The molecule has 0 aromatic heterocycles. The lowest BCUT2D eigenvalue weighted by Gasteiger charge is -2.11. The zero-order valence-electron chi connectivity index (χ0n) is 16.1. The molecule has 0 amide bonds. The molecule has 32 heavy (non-hydrogen) atoms. The van der Waals surface area contributed by atoms with E-state index in [-0.39, 0.29) is 28.1 Å². The standard InChI is InChI=1S/C21H14Cl2F3N3O3/c22-18-9-14(11-27-28-16-5-3-15(4-6-16)21(24,25)26)10-19(23)20(18)32-12-13-1-7-17(8-2-13)29(30)31/h1-11,28H,12H2/b27-11+. The molecule has 3 rings (SSSR count). The van der Waals surface area contributed by atoms with Crippen LogP contribution in [0.25, 0.3) is 0 Å². The van der Waals surface area contributed by atoms with Gasteiger partial charge < -0.3 is 4.74 Å². The molecule has 0 spiro atoms. The summed E-state index contributed by atoms with van der Waals surface area (Å²) in [5, 5.41) is 15.1. The zero-order chi connectivity index (χ0) is 23.3. The fourth-order valence-corrected chi connectivity index (χ4v) is 3.19. The molecule has 3 aromatic rings. The molecule has 0 atom stereocenters. The number of non-ortho nitro benzene ring substituents is 1. The van der Waals surface area contributed by atoms with E-state index in [4.69, 9.17) is 27.9 Å². The van der Waals surface area contributed by atoms with Gasteiger partial charge in [0.05, 0.1) is 32.4 Å². The topological polar surface area (TPSA) is 76.8 Å². The molecule has 0 fully saturated rings. The first kappa shape index (κ1) is 23.4. The van der Waals surface area contributed by atoms with Crippen LogP contribution >= 0.6 is 23.2 Å². The molecule has 3 aromatic carbocycles. The lowest BCUT2D eigenvalue weighted by Crippen LogP contribution is -2.04. The number of nitro benzene ring substituents is 1. The highest BCUT2D eigenvalue weighted by molar-refractivity contribution is 6.37. The molecule has 1 N–H and O–H groups in total. The first-order valence-corrected chi connectivity index (χ1v) is 9.70. The van der Waals surface area contributed by atoms with Gasteiger partial charge in [-0.25, -0.2) is 0 Å². The number of nitrogens with zero attached hydrogens (tertiary/aromatic N) is 2. The highest BCUT2D eigenvalue weighted by Gasteiger charge is 2.29. The monoisotopic (exact) mass is 483 g/mol. The normalized spacial score (nSPS) is 11.5. The fourth-order valence-electron chi connectivity index (χ4n) is 2.58. The largest absolute Gasteiger partial charge is 0.486 e. The van der Waals surface area contributed by atoms with Crippen molar-refractivity contribution in [3.05, 3.63) is 97.5 Å². The van der Waals surface area contributed by atoms with Crippen molar-refractivity contribution >= 4 is 40.8 Å². The minimum Gasteiger partial charge on any atom is -0.486 e. The molecule has 11 heteroatoms. The summed E-state index contributed by atoms with van der Waals surface area (Å²) >= 11 is 12.5. The maximum absolute atomic E-state index is 12.6. The first-order valence-electron chi connectivity index (χ1n) is 8.95. The summed E-state index contributed by atoms with van der Waals surface area (Å²) in [6.45, 7) is 0.0976. The third-order valence-corrected chi connectivity index (χ3v) is 4.73. The number of hydrogen-bond acceptors (Lipinski definition) is 5. The first-order chi connectivity index (χ1) is 15.1. The van der Waals surface area contributed by atoms with Gasteiger partial charge in [0.25, 0.3) is 5.69 Å². The number of anilines is 1. The second-order valence-corrected chi connectivity index (χ2v) is 7.29. The van der Waals surface area contributed by atoms with Crippen molar-refractivity contribution < 1.29 is 22.8 Å². The van der Waals surface area contributed by atoms with Gasteiger partial charge in [0.1, 0.15) is 6.61 Å². The molecular formula is C21H14Cl2F3N3O3. The average molecular weight is 484 g/mol. The summed E-state index contributed by atoms with van der Waals surface area (Å²) in [5.74, 6) is 0.236. The maximum atomic E-state index is 12.6. The number of alkyl halides is 3. The average Bonchev–Trinajstić information content (AvgIpc) is 2.73. The zero-order valence-corrected chi connectivity index (χ0v) is 17.6. The van der Waals surface area contributed by atoms with E-state index in [1.807, 2.05) is 0 Å². The Labute approximate surface area is 190 Å². The summed E-state index contributed by atoms with van der Waals surface area (Å²) in [4.78, 5) is 10.2. The van der Waals surface area contributed by atoms with E-state index < -0.39 is 16.7 Å².